The summed E-state index contributed by atoms with van der Waals surface area (Å²) in [6.45, 7) is -0.304. The van der Waals surface area contributed by atoms with Crippen LogP contribution in [-0.2, 0) is 24.7 Å². The number of carbonyl (C=O) groups is 2. The first-order valence-electron chi connectivity index (χ1n) is 8.46. The van der Waals surface area contributed by atoms with E-state index in [4.69, 9.17) is 18.9 Å². The normalized spacial score (nSPS) is 18.4. The Balaban J connectivity index is 2.33. The van der Waals surface area contributed by atoms with Crippen molar-refractivity contribution in [2.45, 2.75) is 5.60 Å². The Hall–Kier alpha value is -3.32. The summed E-state index contributed by atoms with van der Waals surface area (Å²) in [4.78, 5) is 25.4. The van der Waals surface area contributed by atoms with Crippen molar-refractivity contribution in [1.82, 2.24) is 0 Å². The third-order valence-corrected chi connectivity index (χ3v) is 4.60. The van der Waals surface area contributed by atoms with Crippen molar-refractivity contribution in [2.75, 3.05) is 27.9 Å². The van der Waals surface area contributed by atoms with Crippen LogP contribution in [0.2, 0.25) is 0 Å². The van der Waals surface area contributed by atoms with Crippen LogP contribution in [-0.4, -0.2) is 45.0 Å². The number of rotatable bonds is 4. The van der Waals surface area contributed by atoms with Crippen molar-refractivity contribution in [1.29, 1.82) is 0 Å². The lowest BCUT2D eigenvalue weighted by atomic mass is 9.82. The second-order valence-corrected chi connectivity index (χ2v) is 6.11. The monoisotopic (exact) mass is 384 g/mol. The molecule has 146 valence electrons. The number of esters is 2. The van der Waals surface area contributed by atoms with E-state index in [1.165, 1.54) is 21.3 Å². The minimum Gasteiger partial charge on any atom is -0.497 e. The average Bonchev–Trinajstić information content (AvgIpc) is 2.88. The van der Waals surface area contributed by atoms with E-state index in [0.29, 0.717) is 22.6 Å². The maximum atomic E-state index is 12.7. The molecule has 0 spiro atoms. The Morgan fingerprint density at radius 2 is 1.61 bits per heavy atom. The van der Waals surface area contributed by atoms with Gasteiger partial charge in [0.05, 0.1) is 32.5 Å². The number of fused-ring (bicyclic) bond motifs is 1. The molecule has 0 bridgehead atoms. The maximum Gasteiger partial charge on any atom is 0.339 e. The Morgan fingerprint density at radius 1 is 0.964 bits per heavy atom. The first kappa shape index (κ1) is 19.4. The zero-order valence-electron chi connectivity index (χ0n) is 15.7. The van der Waals surface area contributed by atoms with Crippen molar-refractivity contribution in [3.8, 4) is 11.5 Å². The van der Waals surface area contributed by atoms with Crippen LogP contribution in [0.4, 0.5) is 0 Å². The summed E-state index contributed by atoms with van der Waals surface area (Å²) in [5.41, 5.74) is -1.65. The Bertz CT molecular complexity index is 930. The van der Waals surface area contributed by atoms with Crippen LogP contribution >= 0.6 is 0 Å². The fraction of sp³-hybridized carbons (Fsp3) is 0.238. The fourth-order valence-electron chi connectivity index (χ4n) is 3.18. The molecule has 1 aliphatic rings. The summed E-state index contributed by atoms with van der Waals surface area (Å²) in [6.07, 6.45) is 0. The molecule has 0 saturated heterocycles. The molecule has 28 heavy (non-hydrogen) atoms. The molecule has 1 atom stereocenters. The van der Waals surface area contributed by atoms with Crippen LogP contribution < -0.4 is 9.47 Å². The number of hydrogen-bond donors (Lipinski definition) is 1. The third kappa shape index (κ3) is 3.20. The van der Waals surface area contributed by atoms with Crippen molar-refractivity contribution in [3.63, 3.8) is 0 Å². The predicted octanol–water partition coefficient (Wildman–Crippen LogP) is 2.08. The molecule has 1 aliphatic heterocycles. The minimum absolute atomic E-state index is 0.110. The van der Waals surface area contributed by atoms with E-state index in [9.17, 15) is 14.7 Å². The highest BCUT2D eigenvalue weighted by molar-refractivity contribution is 6.24. The number of methoxy groups -OCH3 is 3. The largest absolute Gasteiger partial charge is 0.497 e. The summed E-state index contributed by atoms with van der Waals surface area (Å²) in [7, 11) is 3.89. The Kier molecular flexibility index (Phi) is 5.37. The molecule has 0 fully saturated rings. The van der Waals surface area contributed by atoms with Gasteiger partial charge in [0.2, 0.25) is 0 Å². The molecule has 1 heterocycles. The number of hydrogen-bond acceptors (Lipinski definition) is 7. The summed E-state index contributed by atoms with van der Waals surface area (Å²) in [6, 6.07) is 13.1. The lowest BCUT2D eigenvalue weighted by Crippen LogP contribution is -2.39. The van der Waals surface area contributed by atoms with E-state index >= 15 is 0 Å². The number of aliphatic hydroxyl groups is 1. The van der Waals surface area contributed by atoms with Gasteiger partial charge in [-0.25, -0.2) is 9.59 Å². The average molecular weight is 384 g/mol. The van der Waals surface area contributed by atoms with Crippen molar-refractivity contribution < 1.29 is 33.6 Å². The molecule has 3 rings (SSSR count). The van der Waals surface area contributed by atoms with Crippen molar-refractivity contribution >= 4 is 17.5 Å². The number of ether oxygens (including phenoxy) is 4. The number of carbonyl (C=O) groups excluding carboxylic acids is 2. The van der Waals surface area contributed by atoms with Gasteiger partial charge in [-0.15, -0.1) is 0 Å². The Morgan fingerprint density at radius 3 is 2.21 bits per heavy atom. The van der Waals surface area contributed by atoms with Gasteiger partial charge in [0.1, 0.15) is 18.1 Å². The summed E-state index contributed by atoms with van der Waals surface area (Å²) in [5.74, 6) is -0.736. The van der Waals surface area contributed by atoms with Crippen molar-refractivity contribution in [3.05, 3.63) is 65.2 Å². The highest BCUT2D eigenvalue weighted by atomic mass is 16.5. The van der Waals surface area contributed by atoms with Gasteiger partial charge in [0.25, 0.3) is 0 Å². The zero-order chi connectivity index (χ0) is 20.3. The molecule has 0 amide bonds. The summed E-state index contributed by atoms with van der Waals surface area (Å²) in [5, 5.41) is 11.6. The second kappa shape index (κ2) is 7.74. The molecule has 7 heteroatoms. The molecule has 0 aromatic heterocycles. The number of para-hydroxylation sites is 1. The highest BCUT2D eigenvalue weighted by Crippen LogP contribution is 2.42. The molecule has 7 nitrogen and oxygen atoms in total. The maximum absolute atomic E-state index is 12.7. The zero-order valence-corrected chi connectivity index (χ0v) is 15.7. The smallest absolute Gasteiger partial charge is 0.339 e. The molecule has 0 saturated carbocycles. The predicted molar refractivity (Wildman–Crippen MR) is 99.8 cm³/mol. The first-order valence-corrected chi connectivity index (χ1v) is 8.46. The second-order valence-electron chi connectivity index (χ2n) is 6.11. The van der Waals surface area contributed by atoms with Gasteiger partial charge in [0.15, 0.2) is 5.60 Å². The van der Waals surface area contributed by atoms with Gasteiger partial charge in [-0.05, 0) is 23.8 Å². The molecular weight excluding hydrogens is 364 g/mol. The number of benzene rings is 2. The van der Waals surface area contributed by atoms with E-state index in [0.717, 1.165) is 0 Å². The van der Waals surface area contributed by atoms with Crippen LogP contribution in [0, 0.1) is 0 Å². The van der Waals surface area contributed by atoms with Crippen LogP contribution in [0.25, 0.3) is 5.57 Å². The topological polar surface area (TPSA) is 91.3 Å². The molecule has 2 aromatic rings. The quantitative estimate of drug-likeness (QED) is 0.807. The molecule has 1 N–H and O–H groups in total. The third-order valence-electron chi connectivity index (χ3n) is 4.60. The lowest BCUT2D eigenvalue weighted by molar-refractivity contribution is -0.140. The van der Waals surface area contributed by atoms with E-state index in [2.05, 4.69) is 0 Å². The van der Waals surface area contributed by atoms with Gasteiger partial charge in [-0.2, -0.15) is 0 Å². The summed E-state index contributed by atoms with van der Waals surface area (Å²) < 4.78 is 20.7. The van der Waals surface area contributed by atoms with E-state index in [-0.39, 0.29) is 17.8 Å². The lowest BCUT2D eigenvalue weighted by Gasteiger charge is -2.29. The molecule has 0 radical (unpaired) electrons. The summed E-state index contributed by atoms with van der Waals surface area (Å²) >= 11 is 0. The molecule has 1 unspecified atom stereocenters. The minimum atomic E-state index is -1.96. The first-order chi connectivity index (χ1) is 13.5. The van der Waals surface area contributed by atoms with Gasteiger partial charge >= 0.3 is 11.9 Å². The molecule has 2 aromatic carbocycles. The van der Waals surface area contributed by atoms with Gasteiger partial charge in [-0.3, -0.25) is 0 Å². The van der Waals surface area contributed by atoms with Crippen LogP contribution in [0.15, 0.2) is 54.1 Å². The van der Waals surface area contributed by atoms with Crippen LogP contribution in [0.3, 0.4) is 0 Å². The van der Waals surface area contributed by atoms with Gasteiger partial charge < -0.3 is 24.1 Å². The van der Waals surface area contributed by atoms with E-state index < -0.39 is 17.5 Å². The fourth-order valence-corrected chi connectivity index (χ4v) is 3.18. The van der Waals surface area contributed by atoms with Crippen molar-refractivity contribution in [2.24, 2.45) is 0 Å². The highest BCUT2D eigenvalue weighted by Gasteiger charge is 2.46. The Labute approximate surface area is 162 Å². The molecular formula is C21H20O7. The molecule has 0 aliphatic carbocycles. The van der Waals surface area contributed by atoms with E-state index in [1.807, 2.05) is 0 Å². The standard InChI is InChI=1S/C21H20O7/c1-25-14-10-8-13(9-11-14)21(24)12-28-16-7-5-4-6-15(16)17(19(22)26-2)18(21)20(23)27-3/h4-11,24H,12H2,1-3H3. The van der Waals surface area contributed by atoms with Gasteiger partial charge in [-0.1, -0.05) is 30.3 Å². The van der Waals surface area contributed by atoms with Gasteiger partial charge in [0, 0.05) is 5.56 Å². The van der Waals surface area contributed by atoms with Crippen LogP contribution in [0.1, 0.15) is 11.1 Å². The van der Waals surface area contributed by atoms with Crippen LogP contribution in [0.5, 0.6) is 11.5 Å². The van der Waals surface area contributed by atoms with E-state index in [1.54, 1.807) is 48.5 Å². The SMILES string of the molecule is COC(=O)C1=C(C(=O)OC)C(O)(c2ccc(OC)cc2)COc2ccccc21.